The molecule has 1 saturated heterocycles. The van der Waals surface area contributed by atoms with Gasteiger partial charge in [-0.2, -0.15) is 5.26 Å². The van der Waals surface area contributed by atoms with Crippen LogP contribution in [-0.2, 0) is 11.3 Å². The third-order valence-electron chi connectivity index (χ3n) is 6.17. The fourth-order valence-corrected chi connectivity index (χ4v) is 5.20. The van der Waals surface area contributed by atoms with E-state index in [0.29, 0.717) is 36.5 Å². The molecule has 34 heavy (non-hydrogen) atoms. The summed E-state index contributed by atoms with van der Waals surface area (Å²) in [7, 11) is 0. The average molecular weight is 483 g/mol. The van der Waals surface area contributed by atoms with Gasteiger partial charge in [0.25, 0.3) is 5.56 Å². The highest BCUT2D eigenvalue weighted by Crippen LogP contribution is 2.26. The predicted molar refractivity (Wildman–Crippen MR) is 130 cm³/mol. The highest BCUT2D eigenvalue weighted by Gasteiger charge is 2.23. The first-order chi connectivity index (χ1) is 16.4. The van der Waals surface area contributed by atoms with Crippen LogP contribution >= 0.6 is 11.3 Å². The van der Waals surface area contributed by atoms with Crippen LogP contribution in [0.1, 0.15) is 22.7 Å². The van der Waals surface area contributed by atoms with Crippen molar-refractivity contribution < 1.29 is 9.18 Å². The Labute approximate surface area is 201 Å². The number of aromatic amines is 1. The van der Waals surface area contributed by atoms with E-state index in [1.54, 1.807) is 28.4 Å². The van der Waals surface area contributed by atoms with Gasteiger partial charge in [0.1, 0.15) is 16.5 Å². The van der Waals surface area contributed by atoms with Crippen molar-refractivity contribution in [1.29, 1.82) is 5.26 Å². The molecular weight excluding hydrogens is 455 g/mol. The van der Waals surface area contributed by atoms with Crippen molar-refractivity contribution >= 4 is 33.1 Å². The largest absolute Gasteiger partial charge is 0.310 e. The first-order valence-electron chi connectivity index (χ1n) is 11.2. The topological polar surface area (TPSA) is 96.3 Å². The zero-order valence-corrected chi connectivity index (χ0v) is 20.1. The lowest BCUT2D eigenvalue weighted by molar-refractivity contribution is -0.120. The number of aryl methyl sites for hydroxylation is 2. The molecule has 1 N–H and O–H groups in total. The molecule has 0 saturated carbocycles. The van der Waals surface area contributed by atoms with E-state index in [0.717, 1.165) is 28.4 Å². The van der Waals surface area contributed by atoms with Crippen LogP contribution in [0.3, 0.4) is 0 Å². The number of halogens is 1. The molecule has 10 heteroatoms. The van der Waals surface area contributed by atoms with Gasteiger partial charge in [0.2, 0.25) is 5.91 Å². The molecule has 0 bridgehead atoms. The molecule has 3 aromatic rings. The van der Waals surface area contributed by atoms with Crippen LogP contribution in [0.15, 0.2) is 29.1 Å². The maximum atomic E-state index is 13.3. The zero-order chi connectivity index (χ0) is 24.2. The van der Waals surface area contributed by atoms with Crippen molar-refractivity contribution in [2.75, 3.05) is 44.2 Å². The number of benzene rings is 1. The van der Waals surface area contributed by atoms with Gasteiger partial charge >= 0.3 is 0 Å². The van der Waals surface area contributed by atoms with Crippen molar-refractivity contribution in [3.63, 3.8) is 0 Å². The van der Waals surface area contributed by atoms with E-state index in [2.05, 4.69) is 25.8 Å². The van der Waals surface area contributed by atoms with E-state index >= 15 is 0 Å². The number of fused-ring (bicyclic) bond motifs is 1. The molecule has 8 nitrogen and oxygen atoms in total. The standard InChI is InChI=1S/C24H27FN6O2S/c1-16-17(2)34-24-22(16)23(33)27-20(28-24)14-29-10-12-30(13-11-29)15-21(32)31(9-3-8-26)19-6-4-18(25)5-7-19/h4-7H,3,9-15H2,1-2H3,(H,27,28,33). The number of nitrogens with zero attached hydrogens (tertiary/aromatic N) is 5. The lowest BCUT2D eigenvalue weighted by atomic mass is 10.2. The number of nitrogens with one attached hydrogen (secondary N) is 1. The SMILES string of the molecule is Cc1sc2nc(CN3CCN(CC(=O)N(CCC#N)c4ccc(F)cc4)CC3)[nH]c(=O)c2c1C. The predicted octanol–water partition coefficient (Wildman–Crippen LogP) is 2.81. The van der Waals surface area contributed by atoms with Gasteiger partial charge in [-0.25, -0.2) is 9.37 Å². The molecule has 1 fully saturated rings. The lowest BCUT2D eigenvalue weighted by Crippen LogP contribution is -2.50. The molecule has 0 spiro atoms. The molecule has 4 rings (SSSR count). The van der Waals surface area contributed by atoms with E-state index < -0.39 is 0 Å². The molecule has 3 heterocycles. The Balaban J connectivity index is 1.35. The molecule has 1 aliphatic heterocycles. The number of anilines is 1. The number of H-pyrrole nitrogens is 1. The summed E-state index contributed by atoms with van der Waals surface area (Å²) in [6, 6.07) is 7.82. The maximum absolute atomic E-state index is 13.3. The number of amides is 1. The second kappa shape index (κ2) is 10.4. The third-order valence-corrected chi connectivity index (χ3v) is 7.27. The number of hydrogen-bond donors (Lipinski definition) is 1. The molecule has 0 radical (unpaired) electrons. The number of carbonyl (C=O) groups is 1. The van der Waals surface area contributed by atoms with Gasteiger partial charge in [0.15, 0.2) is 0 Å². The monoisotopic (exact) mass is 482 g/mol. The average Bonchev–Trinajstić information content (AvgIpc) is 3.10. The van der Waals surface area contributed by atoms with Crippen molar-refractivity contribution in [1.82, 2.24) is 19.8 Å². The van der Waals surface area contributed by atoms with Crippen LogP contribution in [0.5, 0.6) is 0 Å². The smallest absolute Gasteiger partial charge is 0.259 e. The Morgan fingerprint density at radius 1 is 1.21 bits per heavy atom. The maximum Gasteiger partial charge on any atom is 0.259 e. The van der Waals surface area contributed by atoms with Gasteiger partial charge in [0, 0.05) is 43.3 Å². The molecule has 178 valence electrons. The van der Waals surface area contributed by atoms with E-state index in [1.807, 2.05) is 13.8 Å². The Hall–Kier alpha value is -3.13. The van der Waals surface area contributed by atoms with Crippen molar-refractivity contribution in [2.24, 2.45) is 0 Å². The Kier molecular flexibility index (Phi) is 7.36. The van der Waals surface area contributed by atoms with Gasteiger partial charge < -0.3 is 9.88 Å². The minimum atomic E-state index is -0.369. The van der Waals surface area contributed by atoms with Crippen molar-refractivity contribution in [3.8, 4) is 6.07 Å². The van der Waals surface area contributed by atoms with Crippen molar-refractivity contribution in [2.45, 2.75) is 26.8 Å². The summed E-state index contributed by atoms with van der Waals surface area (Å²) in [6.45, 7) is 7.87. The Bertz CT molecular complexity index is 1270. The number of thiophene rings is 1. The summed E-state index contributed by atoms with van der Waals surface area (Å²) < 4.78 is 13.3. The van der Waals surface area contributed by atoms with E-state index in [-0.39, 0.29) is 36.8 Å². The van der Waals surface area contributed by atoms with Crippen LogP contribution in [0.25, 0.3) is 10.2 Å². The summed E-state index contributed by atoms with van der Waals surface area (Å²) >= 11 is 1.54. The molecule has 1 aromatic carbocycles. The van der Waals surface area contributed by atoms with E-state index in [4.69, 9.17) is 5.26 Å². The van der Waals surface area contributed by atoms with Crippen LogP contribution in [-0.4, -0.2) is 64.9 Å². The highest BCUT2D eigenvalue weighted by atomic mass is 32.1. The molecule has 2 aromatic heterocycles. The molecule has 0 aliphatic carbocycles. The van der Waals surface area contributed by atoms with Gasteiger partial charge in [-0.1, -0.05) is 0 Å². The molecular formula is C24H27FN6O2S. The van der Waals surface area contributed by atoms with Crippen molar-refractivity contribution in [3.05, 3.63) is 56.7 Å². The van der Waals surface area contributed by atoms with E-state index in [1.165, 1.54) is 12.1 Å². The number of hydrogen-bond acceptors (Lipinski definition) is 7. The number of rotatable bonds is 7. The second-order valence-electron chi connectivity index (χ2n) is 8.46. The normalized spacial score (nSPS) is 14.9. The number of aromatic nitrogens is 2. The number of nitriles is 1. The minimum Gasteiger partial charge on any atom is -0.310 e. The van der Waals surface area contributed by atoms with Gasteiger partial charge in [-0.05, 0) is 43.7 Å². The van der Waals surface area contributed by atoms with Crippen LogP contribution in [0.4, 0.5) is 10.1 Å². The first kappa shape index (κ1) is 24.0. The third kappa shape index (κ3) is 5.33. The number of piperazine rings is 1. The van der Waals surface area contributed by atoms with Gasteiger partial charge in [-0.3, -0.25) is 19.4 Å². The van der Waals surface area contributed by atoms with E-state index in [9.17, 15) is 14.0 Å². The van der Waals surface area contributed by atoms with Crippen LogP contribution in [0, 0.1) is 31.0 Å². The summed E-state index contributed by atoms with van der Waals surface area (Å²) in [4.78, 5) is 40.8. The highest BCUT2D eigenvalue weighted by molar-refractivity contribution is 7.18. The summed E-state index contributed by atoms with van der Waals surface area (Å²) in [5, 5.41) is 9.64. The minimum absolute atomic E-state index is 0.0932. The Morgan fingerprint density at radius 2 is 1.88 bits per heavy atom. The fraction of sp³-hybridized carbons (Fsp3) is 0.417. The van der Waals surface area contributed by atoms with Crippen LogP contribution in [0.2, 0.25) is 0 Å². The molecule has 1 amide bonds. The molecule has 0 atom stereocenters. The Morgan fingerprint density at radius 3 is 2.56 bits per heavy atom. The summed E-state index contributed by atoms with van der Waals surface area (Å²) in [5.74, 6) is 0.171. The zero-order valence-electron chi connectivity index (χ0n) is 19.3. The summed E-state index contributed by atoms with van der Waals surface area (Å²) in [6.07, 6.45) is 0.204. The van der Waals surface area contributed by atoms with Crippen LogP contribution < -0.4 is 10.5 Å². The first-order valence-corrected chi connectivity index (χ1v) is 12.0. The lowest BCUT2D eigenvalue weighted by Gasteiger charge is -2.35. The quantitative estimate of drug-likeness (QED) is 0.556. The molecule has 0 unspecified atom stereocenters. The summed E-state index contributed by atoms with van der Waals surface area (Å²) in [5.41, 5.74) is 1.48. The molecule has 1 aliphatic rings. The fourth-order valence-electron chi connectivity index (χ4n) is 4.15. The second-order valence-corrected chi connectivity index (χ2v) is 9.66. The number of carbonyl (C=O) groups excluding carboxylic acids is 1. The van der Waals surface area contributed by atoms with Gasteiger partial charge in [0.05, 0.1) is 31.0 Å². The van der Waals surface area contributed by atoms with Gasteiger partial charge in [-0.15, -0.1) is 11.3 Å².